The Morgan fingerprint density at radius 3 is 2.54 bits per heavy atom. The number of pyridine rings is 1. The van der Waals surface area contributed by atoms with Crippen LogP contribution in [0.4, 0.5) is 22.0 Å². The minimum absolute atomic E-state index is 0.00295. The first kappa shape index (κ1) is 18.5. The zero-order valence-corrected chi connectivity index (χ0v) is 13.7. The van der Waals surface area contributed by atoms with Crippen LogP contribution in [0.2, 0.25) is 0 Å². The molecule has 0 N–H and O–H groups in total. The second-order valence-corrected chi connectivity index (χ2v) is 7.36. The quantitative estimate of drug-likeness (QED) is 0.749. The molecule has 2 aromatic rings. The van der Waals surface area contributed by atoms with Crippen LogP contribution in [0.15, 0.2) is 29.3 Å². The normalized spacial score (nSPS) is 15.2. The third kappa shape index (κ3) is 3.49. The summed E-state index contributed by atoms with van der Waals surface area (Å²) in [6, 6.07) is 2.21. The molecule has 0 amide bonds. The maximum Gasteiger partial charge on any atom is 0.388 e. The third-order valence-electron chi connectivity index (χ3n) is 3.82. The van der Waals surface area contributed by atoms with Gasteiger partial charge in [0, 0.05) is 30.8 Å². The van der Waals surface area contributed by atoms with Crippen molar-refractivity contribution < 1.29 is 35.1 Å². The van der Waals surface area contributed by atoms with Crippen LogP contribution < -0.4 is 4.74 Å². The number of halogens is 5. The van der Waals surface area contributed by atoms with Gasteiger partial charge in [-0.3, -0.25) is 0 Å². The van der Waals surface area contributed by atoms with Crippen LogP contribution in [0.25, 0.3) is 0 Å². The minimum atomic E-state index is -4.52. The molecule has 0 saturated heterocycles. The molecule has 0 radical (unpaired) electrons. The van der Waals surface area contributed by atoms with Crippen molar-refractivity contribution in [1.82, 2.24) is 9.29 Å². The number of ether oxygens (including phenoxy) is 1. The maximum absolute atomic E-state index is 14.0. The molecule has 1 aromatic heterocycles. The molecule has 0 bridgehead atoms. The van der Waals surface area contributed by atoms with Gasteiger partial charge in [-0.05, 0) is 18.1 Å². The van der Waals surface area contributed by atoms with E-state index in [9.17, 15) is 30.4 Å². The number of aromatic nitrogens is 1. The van der Waals surface area contributed by atoms with E-state index in [-0.39, 0.29) is 18.5 Å². The van der Waals surface area contributed by atoms with Gasteiger partial charge in [0.25, 0.3) is 0 Å². The Kier molecular flexibility index (Phi) is 4.84. The Hall–Kier alpha value is -2.27. The smallest absolute Gasteiger partial charge is 0.388 e. The van der Waals surface area contributed by atoms with Crippen LogP contribution in [0.1, 0.15) is 11.1 Å². The summed E-state index contributed by atoms with van der Waals surface area (Å²) in [7, 11) is -4.52. The largest absolute Gasteiger partial charge is 0.415 e. The fourth-order valence-corrected chi connectivity index (χ4v) is 4.16. The average Bonchev–Trinajstić information content (AvgIpc) is 2.55. The molecule has 1 aromatic carbocycles. The number of nitrogens with zero attached hydrogens (tertiary/aromatic N) is 2. The Morgan fingerprint density at radius 2 is 1.85 bits per heavy atom. The van der Waals surface area contributed by atoms with Crippen LogP contribution in [0.5, 0.6) is 5.88 Å². The number of rotatable bonds is 4. The fraction of sp³-hybridized carbons (Fsp3) is 0.267. The van der Waals surface area contributed by atoms with Crippen molar-refractivity contribution >= 4 is 10.0 Å². The molecule has 0 saturated carbocycles. The van der Waals surface area contributed by atoms with Crippen LogP contribution in [-0.2, 0) is 23.0 Å². The molecule has 5 nitrogen and oxygen atoms in total. The van der Waals surface area contributed by atoms with Gasteiger partial charge in [-0.25, -0.2) is 26.6 Å². The molecule has 1 aliphatic heterocycles. The first-order valence-electron chi connectivity index (χ1n) is 7.26. The second kappa shape index (κ2) is 6.80. The van der Waals surface area contributed by atoms with Crippen molar-refractivity contribution in [3.63, 3.8) is 0 Å². The second-order valence-electron chi connectivity index (χ2n) is 5.45. The zero-order valence-electron chi connectivity index (χ0n) is 12.9. The molecule has 11 heteroatoms. The van der Waals surface area contributed by atoms with Crippen molar-refractivity contribution in [3.05, 3.63) is 53.0 Å². The lowest BCUT2D eigenvalue weighted by atomic mass is 10.0. The van der Waals surface area contributed by atoms with Crippen LogP contribution in [0, 0.1) is 17.5 Å². The predicted molar refractivity (Wildman–Crippen MR) is 78.5 cm³/mol. The molecule has 26 heavy (non-hydrogen) atoms. The number of benzene rings is 1. The van der Waals surface area contributed by atoms with Gasteiger partial charge in [-0.1, -0.05) is 0 Å². The Labute approximate surface area is 145 Å². The van der Waals surface area contributed by atoms with Crippen LogP contribution in [-0.4, -0.2) is 30.9 Å². The van der Waals surface area contributed by atoms with Crippen molar-refractivity contribution in [2.75, 3.05) is 6.54 Å². The number of sulfonamides is 1. The minimum Gasteiger partial charge on any atom is -0.415 e. The van der Waals surface area contributed by atoms with Crippen molar-refractivity contribution in [2.45, 2.75) is 24.5 Å². The van der Waals surface area contributed by atoms with E-state index < -0.39 is 51.4 Å². The molecular weight excluding hydrogens is 383 g/mol. The molecule has 1 aliphatic rings. The number of fused-ring (bicyclic) bond motifs is 1. The van der Waals surface area contributed by atoms with E-state index >= 15 is 0 Å². The summed E-state index contributed by atoms with van der Waals surface area (Å²) in [5, 5.41) is 0. The summed E-state index contributed by atoms with van der Waals surface area (Å²) in [6.07, 6.45) is 0.529. The van der Waals surface area contributed by atoms with Gasteiger partial charge in [-0.15, -0.1) is 0 Å². The summed E-state index contributed by atoms with van der Waals surface area (Å²) >= 11 is 0. The van der Waals surface area contributed by atoms with E-state index in [0.717, 1.165) is 10.4 Å². The highest BCUT2D eigenvalue weighted by atomic mass is 32.2. The lowest BCUT2D eigenvalue weighted by Crippen LogP contribution is -2.37. The van der Waals surface area contributed by atoms with E-state index in [1.165, 1.54) is 0 Å². The zero-order chi connectivity index (χ0) is 19.1. The van der Waals surface area contributed by atoms with Gasteiger partial charge >= 0.3 is 6.61 Å². The summed E-state index contributed by atoms with van der Waals surface area (Å²) in [5.74, 6) is -3.76. The fourth-order valence-electron chi connectivity index (χ4n) is 2.67. The molecule has 2 heterocycles. The number of alkyl halides is 2. The molecular formula is C15H11F5N2O3S. The summed E-state index contributed by atoms with van der Waals surface area (Å²) in [4.78, 5) is 2.35. The van der Waals surface area contributed by atoms with E-state index in [2.05, 4.69) is 9.72 Å². The van der Waals surface area contributed by atoms with E-state index in [1.807, 2.05) is 0 Å². The predicted octanol–water partition coefficient (Wildman–Crippen LogP) is 2.85. The van der Waals surface area contributed by atoms with E-state index in [4.69, 9.17) is 0 Å². The molecule has 3 rings (SSSR count). The van der Waals surface area contributed by atoms with Gasteiger partial charge in [-0.2, -0.15) is 13.1 Å². The van der Waals surface area contributed by atoms with E-state index in [0.29, 0.717) is 23.9 Å². The maximum atomic E-state index is 14.0. The highest BCUT2D eigenvalue weighted by Gasteiger charge is 2.34. The molecule has 0 aliphatic carbocycles. The summed E-state index contributed by atoms with van der Waals surface area (Å²) in [6.45, 7) is -4.01. The Morgan fingerprint density at radius 1 is 1.12 bits per heavy atom. The van der Waals surface area contributed by atoms with Gasteiger partial charge < -0.3 is 4.74 Å². The highest BCUT2D eigenvalue weighted by molar-refractivity contribution is 7.89. The van der Waals surface area contributed by atoms with Crippen molar-refractivity contribution in [2.24, 2.45) is 0 Å². The third-order valence-corrected chi connectivity index (χ3v) is 5.66. The van der Waals surface area contributed by atoms with Gasteiger partial charge in [0.05, 0.1) is 6.20 Å². The van der Waals surface area contributed by atoms with Crippen LogP contribution >= 0.6 is 0 Å². The lowest BCUT2D eigenvalue weighted by molar-refractivity contribution is -0.0550. The van der Waals surface area contributed by atoms with Crippen LogP contribution in [0.3, 0.4) is 0 Å². The van der Waals surface area contributed by atoms with Gasteiger partial charge in [0.15, 0.2) is 0 Å². The SMILES string of the molecule is O=S(=O)(c1cc(F)cnc1OC(F)F)N1CCc2cc(F)cc(F)c2C1. The van der Waals surface area contributed by atoms with Crippen molar-refractivity contribution in [1.29, 1.82) is 0 Å². The van der Waals surface area contributed by atoms with Gasteiger partial charge in [0.1, 0.15) is 22.3 Å². The standard InChI is InChI=1S/C15H11F5N2O3S/c16-9-3-8-1-2-22(7-11(8)12(18)4-9)26(23,24)13-5-10(17)6-21-14(13)25-15(19)20/h3-6,15H,1-2,7H2. The molecule has 0 spiro atoms. The first-order chi connectivity index (χ1) is 12.2. The molecule has 0 unspecified atom stereocenters. The number of hydrogen-bond donors (Lipinski definition) is 0. The highest BCUT2D eigenvalue weighted by Crippen LogP contribution is 2.31. The first-order valence-corrected chi connectivity index (χ1v) is 8.70. The molecule has 0 fully saturated rings. The Balaban J connectivity index is 2.01. The average molecular weight is 394 g/mol. The Bertz CT molecular complexity index is 953. The molecule has 0 atom stereocenters. The summed E-state index contributed by atoms with van der Waals surface area (Å²) in [5.41, 5.74) is 0.261. The van der Waals surface area contributed by atoms with Crippen molar-refractivity contribution in [3.8, 4) is 5.88 Å². The lowest BCUT2D eigenvalue weighted by Gasteiger charge is -2.28. The number of hydrogen-bond acceptors (Lipinski definition) is 4. The van der Waals surface area contributed by atoms with E-state index in [1.54, 1.807) is 0 Å². The van der Waals surface area contributed by atoms with Gasteiger partial charge in [0.2, 0.25) is 15.9 Å². The molecule has 140 valence electrons. The monoisotopic (exact) mass is 394 g/mol. The topological polar surface area (TPSA) is 59.5 Å². The summed E-state index contributed by atoms with van der Waals surface area (Å²) < 4.78 is 95.9.